The van der Waals surface area contributed by atoms with Crippen LogP contribution in [0.4, 0.5) is 10.1 Å². The van der Waals surface area contributed by atoms with Gasteiger partial charge in [0.25, 0.3) is 0 Å². The summed E-state index contributed by atoms with van der Waals surface area (Å²) < 4.78 is 13.9. The Bertz CT molecular complexity index is 498. The van der Waals surface area contributed by atoms with Crippen LogP contribution in [0.25, 0.3) is 0 Å². The van der Waals surface area contributed by atoms with Crippen molar-refractivity contribution in [2.24, 2.45) is 11.7 Å². The van der Waals surface area contributed by atoms with Crippen LogP contribution >= 0.6 is 0 Å². The Kier molecular flexibility index (Phi) is 3.72. The van der Waals surface area contributed by atoms with Gasteiger partial charge in [-0.15, -0.1) is 0 Å². The van der Waals surface area contributed by atoms with Gasteiger partial charge in [-0.3, -0.25) is 0 Å². The summed E-state index contributed by atoms with van der Waals surface area (Å²) in [6, 6.07) is 4.17. The normalized spacial score (nSPS) is 27.5. The Morgan fingerprint density at radius 3 is 2.75 bits per heavy atom. The lowest BCUT2D eigenvalue weighted by molar-refractivity contribution is 0.342. The second kappa shape index (κ2) is 5.36. The van der Waals surface area contributed by atoms with Crippen LogP contribution < -0.4 is 10.6 Å². The maximum absolute atomic E-state index is 13.9. The number of aryl methyl sites for hydroxylation is 1. The van der Waals surface area contributed by atoms with Crippen LogP contribution in [-0.2, 0) is 0 Å². The van der Waals surface area contributed by atoms with Crippen LogP contribution in [0.3, 0.4) is 0 Å². The molecule has 2 nitrogen and oxygen atoms in total. The van der Waals surface area contributed by atoms with Gasteiger partial charge in [0.15, 0.2) is 0 Å². The van der Waals surface area contributed by atoms with E-state index in [4.69, 9.17) is 5.73 Å². The molecule has 0 bridgehead atoms. The second-order valence-electron chi connectivity index (χ2n) is 6.54. The minimum atomic E-state index is -0.138. The van der Waals surface area contributed by atoms with Gasteiger partial charge in [-0.05, 0) is 62.3 Å². The lowest BCUT2D eigenvalue weighted by atomic mass is 9.85. The third-order valence-electron chi connectivity index (χ3n) is 5.12. The number of fused-ring (bicyclic) bond motifs is 1. The van der Waals surface area contributed by atoms with Crippen LogP contribution in [0.15, 0.2) is 12.1 Å². The summed E-state index contributed by atoms with van der Waals surface area (Å²) in [7, 11) is 0. The molecule has 2 N–H and O–H groups in total. The van der Waals surface area contributed by atoms with Gasteiger partial charge in [0, 0.05) is 24.3 Å². The molecule has 3 atom stereocenters. The number of halogens is 1. The van der Waals surface area contributed by atoms with Crippen LogP contribution in [0.5, 0.6) is 0 Å². The first-order chi connectivity index (χ1) is 9.58. The predicted octanol–water partition coefficient (Wildman–Crippen LogP) is 3.92. The Balaban J connectivity index is 1.98. The second-order valence-corrected chi connectivity index (χ2v) is 6.54. The first-order valence-electron chi connectivity index (χ1n) is 7.90. The zero-order chi connectivity index (χ0) is 14.3. The summed E-state index contributed by atoms with van der Waals surface area (Å²) in [6.45, 7) is 4.89. The van der Waals surface area contributed by atoms with Gasteiger partial charge in [0.1, 0.15) is 5.82 Å². The largest absolute Gasteiger partial charge is 0.368 e. The Morgan fingerprint density at radius 2 is 2.00 bits per heavy atom. The molecule has 20 heavy (non-hydrogen) atoms. The van der Waals surface area contributed by atoms with Gasteiger partial charge < -0.3 is 10.6 Å². The fraction of sp³-hybridized carbons (Fsp3) is 0.647. The summed E-state index contributed by atoms with van der Waals surface area (Å²) in [4.78, 5) is 2.51. The molecule has 1 aliphatic heterocycles. The fourth-order valence-corrected chi connectivity index (χ4v) is 4.00. The summed E-state index contributed by atoms with van der Waals surface area (Å²) in [5.74, 6) is 0.690. The van der Waals surface area contributed by atoms with Gasteiger partial charge in [-0.2, -0.15) is 0 Å². The van der Waals surface area contributed by atoms with E-state index in [1.165, 1.54) is 37.8 Å². The average Bonchev–Trinajstić information content (AvgIpc) is 2.85. The topological polar surface area (TPSA) is 29.3 Å². The number of hydrogen-bond donors (Lipinski definition) is 1. The zero-order valence-corrected chi connectivity index (χ0v) is 12.5. The number of nitrogens with two attached hydrogens (primary N) is 1. The van der Waals surface area contributed by atoms with Crippen molar-refractivity contribution in [3.63, 3.8) is 0 Å². The highest BCUT2D eigenvalue weighted by molar-refractivity contribution is 5.58. The van der Waals surface area contributed by atoms with E-state index in [2.05, 4.69) is 4.90 Å². The van der Waals surface area contributed by atoms with E-state index in [0.29, 0.717) is 6.04 Å². The standard InChI is InChI=1S/C17H25FN2/c1-11-9-17(14(12(2)19)10-15(11)18)20-8-7-13-5-3-4-6-16(13)20/h9-10,12-13,16H,3-8,19H2,1-2H3/t12-,13?,16?/m1/s1. The molecule has 3 rings (SSSR count). The molecule has 1 aromatic carbocycles. The maximum atomic E-state index is 13.9. The molecule has 0 amide bonds. The molecule has 1 aliphatic carbocycles. The monoisotopic (exact) mass is 276 g/mol. The highest BCUT2D eigenvalue weighted by atomic mass is 19.1. The van der Waals surface area contributed by atoms with Gasteiger partial charge in [0.05, 0.1) is 0 Å². The van der Waals surface area contributed by atoms with Gasteiger partial charge in [0.2, 0.25) is 0 Å². The van der Waals surface area contributed by atoms with Crippen LogP contribution in [-0.4, -0.2) is 12.6 Å². The van der Waals surface area contributed by atoms with Crippen molar-refractivity contribution >= 4 is 5.69 Å². The SMILES string of the molecule is Cc1cc(N2CCC3CCCCC32)c([C@@H](C)N)cc1F. The van der Waals surface area contributed by atoms with E-state index >= 15 is 0 Å². The zero-order valence-electron chi connectivity index (χ0n) is 12.5. The van der Waals surface area contributed by atoms with E-state index in [1.807, 2.05) is 19.9 Å². The molecule has 0 radical (unpaired) electrons. The first kappa shape index (κ1) is 13.9. The molecule has 1 aromatic rings. The molecular formula is C17H25FN2. The molecule has 110 valence electrons. The molecule has 1 heterocycles. The van der Waals surface area contributed by atoms with Crippen molar-refractivity contribution in [3.05, 3.63) is 29.1 Å². The summed E-state index contributed by atoms with van der Waals surface area (Å²) in [6.07, 6.45) is 6.61. The molecule has 1 saturated carbocycles. The number of anilines is 1. The van der Waals surface area contributed by atoms with E-state index in [-0.39, 0.29) is 11.9 Å². The Labute approximate surface area is 121 Å². The number of rotatable bonds is 2. The van der Waals surface area contributed by atoms with Gasteiger partial charge in [-0.1, -0.05) is 12.8 Å². The third-order valence-corrected chi connectivity index (χ3v) is 5.12. The van der Waals surface area contributed by atoms with Crippen LogP contribution in [0, 0.1) is 18.7 Å². The first-order valence-corrected chi connectivity index (χ1v) is 7.90. The molecule has 2 fully saturated rings. The molecule has 3 heteroatoms. The third kappa shape index (κ3) is 2.32. The molecule has 0 aromatic heterocycles. The van der Waals surface area contributed by atoms with Crippen LogP contribution in [0.1, 0.15) is 56.2 Å². The Morgan fingerprint density at radius 1 is 1.25 bits per heavy atom. The van der Waals surface area contributed by atoms with Crippen molar-refractivity contribution in [3.8, 4) is 0 Å². The van der Waals surface area contributed by atoms with Crippen molar-refractivity contribution in [1.82, 2.24) is 0 Å². The quantitative estimate of drug-likeness (QED) is 0.887. The lowest BCUT2D eigenvalue weighted by Gasteiger charge is -2.35. The van der Waals surface area contributed by atoms with Crippen molar-refractivity contribution in [2.75, 3.05) is 11.4 Å². The van der Waals surface area contributed by atoms with Crippen LogP contribution in [0.2, 0.25) is 0 Å². The van der Waals surface area contributed by atoms with E-state index < -0.39 is 0 Å². The van der Waals surface area contributed by atoms with Gasteiger partial charge >= 0.3 is 0 Å². The van der Waals surface area contributed by atoms with Gasteiger partial charge in [-0.25, -0.2) is 4.39 Å². The smallest absolute Gasteiger partial charge is 0.126 e. The summed E-state index contributed by atoms with van der Waals surface area (Å²) in [5.41, 5.74) is 8.93. The maximum Gasteiger partial charge on any atom is 0.126 e. The van der Waals surface area contributed by atoms with E-state index in [9.17, 15) is 4.39 Å². The minimum Gasteiger partial charge on any atom is -0.368 e. The van der Waals surface area contributed by atoms with E-state index in [0.717, 1.165) is 23.6 Å². The fourth-order valence-electron chi connectivity index (χ4n) is 4.00. The van der Waals surface area contributed by atoms with Crippen molar-refractivity contribution in [2.45, 2.75) is 58.0 Å². The molecular weight excluding hydrogens is 251 g/mol. The molecule has 2 aliphatic rings. The summed E-state index contributed by atoms with van der Waals surface area (Å²) in [5, 5.41) is 0. The average molecular weight is 276 g/mol. The number of benzene rings is 1. The van der Waals surface area contributed by atoms with E-state index in [1.54, 1.807) is 6.07 Å². The lowest BCUT2D eigenvalue weighted by Crippen LogP contribution is -2.35. The Hall–Kier alpha value is -1.09. The minimum absolute atomic E-state index is 0.122. The molecule has 1 saturated heterocycles. The highest BCUT2D eigenvalue weighted by Crippen LogP contribution is 2.41. The predicted molar refractivity (Wildman–Crippen MR) is 81.4 cm³/mol. The van der Waals surface area contributed by atoms with Crippen molar-refractivity contribution in [1.29, 1.82) is 0 Å². The molecule has 2 unspecified atom stereocenters. The van der Waals surface area contributed by atoms with Crippen molar-refractivity contribution < 1.29 is 4.39 Å². The summed E-state index contributed by atoms with van der Waals surface area (Å²) >= 11 is 0. The number of hydrogen-bond acceptors (Lipinski definition) is 2. The highest BCUT2D eigenvalue weighted by Gasteiger charge is 2.36. The number of nitrogens with zero attached hydrogens (tertiary/aromatic N) is 1. The molecule has 0 spiro atoms.